The SMILES string of the molecule is CN(C)C1c2ccccc2-c2ccccc21. The van der Waals surface area contributed by atoms with Gasteiger partial charge in [-0.3, -0.25) is 4.90 Å². The van der Waals surface area contributed by atoms with Gasteiger partial charge in [0, 0.05) is 0 Å². The molecule has 0 saturated heterocycles. The van der Waals surface area contributed by atoms with Crippen LogP contribution >= 0.6 is 0 Å². The Labute approximate surface area is 96.3 Å². The second kappa shape index (κ2) is 3.46. The zero-order valence-electron chi connectivity index (χ0n) is 9.64. The normalized spacial score (nSPS) is 13.9. The predicted octanol–water partition coefficient (Wildman–Crippen LogP) is 3.32. The average Bonchev–Trinajstić information content (AvgIpc) is 2.63. The Morgan fingerprint density at radius 3 is 1.62 bits per heavy atom. The molecule has 0 spiro atoms. The molecule has 0 saturated carbocycles. The first kappa shape index (κ1) is 9.61. The number of nitrogens with zero attached hydrogens (tertiary/aromatic N) is 1. The molecule has 1 aliphatic carbocycles. The van der Waals surface area contributed by atoms with Crippen LogP contribution in [0.4, 0.5) is 0 Å². The molecule has 0 bridgehead atoms. The van der Waals surface area contributed by atoms with Gasteiger partial charge in [0.1, 0.15) is 0 Å². The summed E-state index contributed by atoms with van der Waals surface area (Å²) in [6, 6.07) is 17.8. The Hall–Kier alpha value is -1.60. The minimum absolute atomic E-state index is 0.410. The van der Waals surface area contributed by atoms with Gasteiger partial charge in [0.15, 0.2) is 0 Å². The van der Waals surface area contributed by atoms with Crippen LogP contribution in [0.1, 0.15) is 17.2 Å². The molecule has 0 radical (unpaired) electrons. The van der Waals surface area contributed by atoms with Gasteiger partial charge in [0.25, 0.3) is 0 Å². The average molecular weight is 209 g/mol. The Kier molecular flexibility index (Phi) is 2.08. The van der Waals surface area contributed by atoms with E-state index in [0.717, 1.165) is 0 Å². The fourth-order valence-corrected chi connectivity index (χ4v) is 2.69. The molecule has 2 aromatic rings. The monoisotopic (exact) mass is 209 g/mol. The summed E-state index contributed by atoms with van der Waals surface area (Å²) < 4.78 is 0. The molecule has 0 atom stereocenters. The van der Waals surface area contributed by atoms with E-state index < -0.39 is 0 Å². The molecular formula is C15H15N. The van der Waals surface area contributed by atoms with Gasteiger partial charge in [-0.1, -0.05) is 48.5 Å². The Balaban J connectivity index is 2.30. The van der Waals surface area contributed by atoms with Crippen LogP contribution in [0.3, 0.4) is 0 Å². The number of benzene rings is 2. The Morgan fingerprint density at radius 2 is 1.19 bits per heavy atom. The standard InChI is InChI=1S/C15H15N/c1-16(2)15-13-9-5-3-7-11(13)12-8-4-6-10-14(12)15/h3-10,15H,1-2H3. The van der Waals surface area contributed by atoms with Crippen molar-refractivity contribution in [3.05, 3.63) is 59.7 Å². The number of fused-ring (bicyclic) bond motifs is 3. The van der Waals surface area contributed by atoms with E-state index in [-0.39, 0.29) is 0 Å². The summed E-state index contributed by atoms with van der Waals surface area (Å²) in [4.78, 5) is 2.28. The molecule has 0 N–H and O–H groups in total. The van der Waals surface area contributed by atoms with Crippen molar-refractivity contribution in [2.45, 2.75) is 6.04 Å². The van der Waals surface area contributed by atoms with Crippen LogP contribution in [-0.2, 0) is 0 Å². The highest BCUT2D eigenvalue weighted by molar-refractivity contribution is 5.78. The lowest BCUT2D eigenvalue weighted by molar-refractivity contribution is 0.348. The molecule has 0 amide bonds. The molecule has 0 fully saturated rings. The first-order valence-electron chi connectivity index (χ1n) is 5.63. The van der Waals surface area contributed by atoms with E-state index in [0.29, 0.717) is 6.04 Å². The molecule has 0 heterocycles. The molecular weight excluding hydrogens is 194 g/mol. The molecule has 16 heavy (non-hydrogen) atoms. The highest BCUT2D eigenvalue weighted by atomic mass is 15.1. The van der Waals surface area contributed by atoms with Gasteiger partial charge in [0.05, 0.1) is 6.04 Å². The number of rotatable bonds is 1. The topological polar surface area (TPSA) is 3.24 Å². The van der Waals surface area contributed by atoms with Crippen molar-refractivity contribution in [2.24, 2.45) is 0 Å². The van der Waals surface area contributed by atoms with Gasteiger partial charge >= 0.3 is 0 Å². The van der Waals surface area contributed by atoms with Crippen molar-refractivity contribution in [3.8, 4) is 11.1 Å². The van der Waals surface area contributed by atoms with Crippen LogP contribution in [0, 0.1) is 0 Å². The van der Waals surface area contributed by atoms with Crippen molar-refractivity contribution in [2.75, 3.05) is 14.1 Å². The van der Waals surface area contributed by atoms with Gasteiger partial charge in [-0.25, -0.2) is 0 Å². The maximum Gasteiger partial charge on any atom is 0.0609 e. The van der Waals surface area contributed by atoms with E-state index in [4.69, 9.17) is 0 Å². The van der Waals surface area contributed by atoms with Crippen molar-refractivity contribution in [3.63, 3.8) is 0 Å². The maximum atomic E-state index is 2.28. The van der Waals surface area contributed by atoms with Gasteiger partial charge < -0.3 is 0 Å². The summed E-state index contributed by atoms with van der Waals surface area (Å²) in [5.41, 5.74) is 5.62. The summed E-state index contributed by atoms with van der Waals surface area (Å²) in [5, 5.41) is 0. The maximum absolute atomic E-state index is 2.28. The van der Waals surface area contributed by atoms with Crippen LogP contribution in [0.2, 0.25) is 0 Å². The minimum atomic E-state index is 0.410. The first-order chi connectivity index (χ1) is 7.79. The molecule has 1 nitrogen and oxygen atoms in total. The number of hydrogen-bond acceptors (Lipinski definition) is 1. The van der Waals surface area contributed by atoms with E-state index in [1.165, 1.54) is 22.3 Å². The van der Waals surface area contributed by atoms with Crippen molar-refractivity contribution in [1.29, 1.82) is 0 Å². The summed E-state index contributed by atoms with van der Waals surface area (Å²) in [6.45, 7) is 0. The fourth-order valence-electron chi connectivity index (χ4n) is 2.69. The third kappa shape index (κ3) is 1.22. The highest BCUT2D eigenvalue weighted by Crippen LogP contribution is 2.44. The number of hydrogen-bond donors (Lipinski definition) is 0. The molecule has 1 heteroatoms. The fraction of sp³-hybridized carbons (Fsp3) is 0.200. The molecule has 0 aliphatic heterocycles. The summed E-state index contributed by atoms with van der Waals surface area (Å²) in [5.74, 6) is 0. The lowest BCUT2D eigenvalue weighted by Crippen LogP contribution is -2.18. The molecule has 3 rings (SSSR count). The van der Waals surface area contributed by atoms with Crippen LogP contribution in [0.5, 0.6) is 0 Å². The van der Waals surface area contributed by atoms with Crippen LogP contribution < -0.4 is 0 Å². The third-order valence-electron chi connectivity index (χ3n) is 3.32. The molecule has 0 aromatic heterocycles. The smallest absolute Gasteiger partial charge is 0.0609 e. The lowest BCUT2D eigenvalue weighted by atomic mass is 10.0. The Bertz CT molecular complexity index is 483. The highest BCUT2D eigenvalue weighted by Gasteiger charge is 2.28. The quantitative estimate of drug-likeness (QED) is 0.696. The van der Waals surface area contributed by atoms with Crippen molar-refractivity contribution >= 4 is 0 Å². The van der Waals surface area contributed by atoms with E-state index in [1.54, 1.807) is 0 Å². The lowest BCUT2D eigenvalue weighted by Gasteiger charge is -2.21. The van der Waals surface area contributed by atoms with Crippen LogP contribution in [0.15, 0.2) is 48.5 Å². The van der Waals surface area contributed by atoms with E-state index in [9.17, 15) is 0 Å². The zero-order valence-corrected chi connectivity index (χ0v) is 9.64. The molecule has 80 valence electrons. The van der Waals surface area contributed by atoms with Crippen LogP contribution in [0.25, 0.3) is 11.1 Å². The van der Waals surface area contributed by atoms with Gasteiger partial charge in [-0.05, 0) is 36.3 Å². The molecule has 0 unspecified atom stereocenters. The largest absolute Gasteiger partial charge is 0.299 e. The zero-order chi connectivity index (χ0) is 11.1. The van der Waals surface area contributed by atoms with Crippen LogP contribution in [-0.4, -0.2) is 19.0 Å². The van der Waals surface area contributed by atoms with E-state index in [2.05, 4.69) is 67.5 Å². The first-order valence-corrected chi connectivity index (χ1v) is 5.63. The third-order valence-corrected chi connectivity index (χ3v) is 3.32. The summed E-state index contributed by atoms with van der Waals surface area (Å²) in [7, 11) is 4.28. The summed E-state index contributed by atoms with van der Waals surface area (Å²) >= 11 is 0. The second-order valence-corrected chi connectivity index (χ2v) is 4.54. The van der Waals surface area contributed by atoms with E-state index in [1.807, 2.05) is 0 Å². The minimum Gasteiger partial charge on any atom is -0.299 e. The molecule has 1 aliphatic rings. The molecule has 2 aromatic carbocycles. The van der Waals surface area contributed by atoms with E-state index >= 15 is 0 Å². The van der Waals surface area contributed by atoms with Crippen molar-refractivity contribution < 1.29 is 0 Å². The van der Waals surface area contributed by atoms with Crippen molar-refractivity contribution in [1.82, 2.24) is 4.90 Å². The second-order valence-electron chi connectivity index (χ2n) is 4.54. The predicted molar refractivity (Wildman–Crippen MR) is 67.4 cm³/mol. The van der Waals surface area contributed by atoms with Gasteiger partial charge in [-0.15, -0.1) is 0 Å². The summed E-state index contributed by atoms with van der Waals surface area (Å²) in [6.07, 6.45) is 0. The van der Waals surface area contributed by atoms with Gasteiger partial charge in [0.2, 0.25) is 0 Å². The van der Waals surface area contributed by atoms with Gasteiger partial charge in [-0.2, -0.15) is 0 Å². The Morgan fingerprint density at radius 1 is 0.750 bits per heavy atom.